The van der Waals surface area contributed by atoms with Crippen LogP contribution >= 0.6 is 11.6 Å². The molecule has 4 bridgehead atoms. The fourth-order valence-corrected chi connectivity index (χ4v) is 8.59. The zero-order valence-electron chi connectivity index (χ0n) is 25.7. The van der Waals surface area contributed by atoms with Crippen molar-refractivity contribution >= 4 is 52.8 Å². The van der Waals surface area contributed by atoms with Crippen molar-refractivity contribution in [2.45, 2.75) is 43.9 Å². The molecule has 3 aromatic rings. The summed E-state index contributed by atoms with van der Waals surface area (Å²) in [5, 5.41) is 4.91. The van der Waals surface area contributed by atoms with Crippen molar-refractivity contribution in [3.8, 4) is 11.5 Å². The number of carbonyl (C=O) groups is 4. The second kappa shape index (κ2) is 12.2. The second-order valence-corrected chi connectivity index (χ2v) is 13.5. The van der Waals surface area contributed by atoms with Crippen LogP contribution < -0.4 is 25.0 Å². The van der Waals surface area contributed by atoms with Crippen molar-refractivity contribution in [1.82, 2.24) is 5.32 Å². The van der Waals surface area contributed by atoms with Gasteiger partial charge in [0.15, 0.2) is 18.1 Å². The monoisotopic (exact) mass is 657 g/mol. The van der Waals surface area contributed by atoms with Crippen LogP contribution in [-0.2, 0) is 19.8 Å². The minimum absolute atomic E-state index is 0.0580. The molecule has 0 aromatic heterocycles. The number of nitrogens with zero attached hydrogens (tertiary/aromatic N) is 1. The molecule has 1 heterocycles. The molecule has 2 N–H and O–H groups in total. The third-order valence-corrected chi connectivity index (χ3v) is 10.2. The Kier molecular flexibility index (Phi) is 8.00. The first-order valence-electron chi connectivity index (χ1n) is 15.7. The standard InChI is InChI=1S/C36H33ClFN3O6/c1-46-30-15-20(14-29(37)32(30)47-19-31(42)39-26-6-4-25(38)5-7-26)13-28-33(43)40-35(45)41(34(28)44)27-8-2-24(3-9-27)36-16-21-10-22(17-36)12-23(11-21)18-36/h2-9,13-15,21-23H,10-12,16-19H2,1H3,(H,39,42)(H,40,43,45)/b28-13-. The zero-order chi connectivity index (χ0) is 32.9. The van der Waals surface area contributed by atoms with Crippen molar-refractivity contribution in [2.24, 2.45) is 17.8 Å². The van der Waals surface area contributed by atoms with Gasteiger partial charge in [-0.2, -0.15) is 0 Å². The molecule has 5 amide bonds. The van der Waals surface area contributed by atoms with Crippen LogP contribution in [-0.4, -0.2) is 37.5 Å². The number of halogens is 2. The number of barbiturate groups is 1. The van der Waals surface area contributed by atoms with Gasteiger partial charge in [-0.1, -0.05) is 23.7 Å². The summed E-state index contributed by atoms with van der Waals surface area (Å²) in [6, 6.07) is 15.0. The number of nitrogens with one attached hydrogen (secondary N) is 2. The maximum atomic E-state index is 13.6. The van der Waals surface area contributed by atoms with Gasteiger partial charge in [-0.15, -0.1) is 0 Å². The molecule has 1 saturated heterocycles. The number of carbonyl (C=O) groups excluding carboxylic acids is 4. The Morgan fingerprint density at radius 3 is 2.26 bits per heavy atom. The second-order valence-electron chi connectivity index (χ2n) is 13.1. The zero-order valence-corrected chi connectivity index (χ0v) is 26.4. The Hall–Kier alpha value is -4.70. The van der Waals surface area contributed by atoms with Crippen LogP contribution in [0.15, 0.2) is 66.2 Å². The van der Waals surface area contributed by atoms with E-state index in [0.29, 0.717) is 16.9 Å². The topological polar surface area (TPSA) is 114 Å². The maximum Gasteiger partial charge on any atom is 0.335 e. The summed E-state index contributed by atoms with van der Waals surface area (Å²) in [4.78, 5) is 52.8. The number of amides is 5. The van der Waals surface area contributed by atoms with E-state index in [-0.39, 0.29) is 27.5 Å². The van der Waals surface area contributed by atoms with E-state index in [0.717, 1.165) is 22.7 Å². The van der Waals surface area contributed by atoms with Crippen LogP contribution in [0.5, 0.6) is 11.5 Å². The minimum atomic E-state index is -0.839. The summed E-state index contributed by atoms with van der Waals surface area (Å²) in [5.41, 5.74) is 2.26. The van der Waals surface area contributed by atoms with Gasteiger partial charge in [0.05, 0.1) is 17.8 Å². The lowest BCUT2D eigenvalue weighted by Gasteiger charge is -2.57. The molecular weight excluding hydrogens is 625 g/mol. The lowest BCUT2D eigenvalue weighted by atomic mass is 9.48. The molecule has 4 saturated carbocycles. The van der Waals surface area contributed by atoms with E-state index in [4.69, 9.17) is 21.1 Å². The smallest absolute Gasteiger partial charge is 0.335 e. The Bertz CT molecular complexity index is 1770. The summed E-state index contributed by atoms with van der Waals surface area (Å²) in [6.07, 6.45) is 8.93. The summed E-state index contributed by atoms with van der Waals surface area (Å²) in [5.74, 6) is 0.0254. The molecule has 0 spiro atoms. The number of hydrogen-bond donors (Lipinski definition) is 2. The summed E-state index contributed by atoms with van der Waals surface area (Å²) in [7, 11) is 1.37. The van der Waals surface area contributed by atoms with Crippen LogP contribution in [0, 0.1) is 23.6 Å². The van der Waals surface area contributed by atoms with E-state index in [1.54, 1.807) is 12.1 Å². The summed E-state index contributed by atoms with van der Waals surface area (Å²) >= 11 is 6.48. The van der Waals surface area contributed by atoms with Gasteiger partial charge in [0, 0.05) is 5.69 Å². The quantitative estimate of drug-likeness (QED) is 0.207. The lowest BCUT2D eigenvalue weighted by molar-refractivity contribution is -0.122. The van der Waals surface area contributed by atoms with Crippen molar-refractivity contribution in [3.05, 3.63) is 88.2 Å². The van der Waals surface area contributed by atoms with E-state index >= 15 is 0 Å². The maximum absolute atomic E-state index is 13.6. The molecule has 5 fully saturated rings. The Morgan fingerprint density at radius 2 is 1.64 bits per heavy atom. The van der Waals surface area contributed by atoms with Gasteiger partial charge in [-0.05, 0) is 127 Å². The number of methoxy groups -OCH3 is 1. The number of rotatable bonds is 8. The fourth-order valence-electron chi connectivity index (χ4n) is 8.32. The van der Waals surface area contributed by atoms with Gasteiger partial charge in [-0.3, -0.25) is 19.7 Å². The largest absolute Gasteiger partial charge is 0.493 e. The summed E-state index contributed by atoms with van der Waals surface area (Å²) in [6.45, 7) is -0.423. The molecule has 0 atom stereocenters. The van der Waals surface area contributed by atoms with Crippen LogP contribution in [0.3, 0.4) is 0 Å². The van der Waals surface area contributed by atoms with E-state index < -0.39 is 36.2 Å². The number of ether oxygens (including phenoxy) is 2. The number of hydrogen-bond acceptors (Lipinski definition) is 6. The van der Waals surface area contributed by atoms with Crippen LogP contribution in [0.4, 0.5) is 20.6 Å². The molecule has 0 radical (unpaired) electrons. The minimum Gasteiger partial charge on any atom is -0.493 e. The first-order valence-corrected chi connectivity index (χ1v) is 16.1. The third kappa shape index (κ3) is 5.98. The molecule has 0 unspecified atom stereocenters. The molecule has 242 valence electrons. The van der Waals surface area contributed by atoms with Crippen LogP contribution in [0.25, 0.3) is 6.08 Å². The van der Waals surface area contributed by atoms with Crippen LogP contribution in [0.2, 0.25) is 5.02 Å². The Labute approximate surface area is 276 Å². The highest BCUT2D eigenvalue weighted by Gasteiger charge is 2.51. The van der Waals surface area contributed by atoms with Gasteiger partial charge in [0.25, 0.3) is 17.7 Å². The number of imide groups is 2. The van der Waals surface area contributed by atoms with Crippen molar-refractivity contribution in [3.63, 3.8) is 0 Å². The fraction of sp³-hybridized carbons (Fsp3) is 0.333. The van der Waals surface area contributed by atoms with Crippen molar-refractivity contribution in [2.75, 3.05) is 23.9 Å². The first-order chi connectivity index (χ1) is 22.6. The molecule has 4 aliphatic carbocycles. The average Bonchev–Trinajstić information content (AvgIpc) is 3.03. The average molecular weight is 658 g/mol. The molecule has 1 aliphatic heterocycles. The van der Waals surface area contributed by atoms with E-state index in [1.165, 1.54) is 93.7 Å². The number of anilines is 2. The van der Waals surface area contributed by atoms with Crippen molar-refractivity contribution < 1.29 is 33.0 Å². The highest BCUT2D eigenvalue weighted by Crippen LogP contribution is 2.60. The predicted octanol–water partition coefficient (Wildman–Crippen LogP) is 6.64. The van der Waals surface area contributed by atoms with Crippen LogP contribution in [0.1, 0.15) is 49.7 Å². The third-order valence-electron chi connectivity index (χ3n) is 9.92. The van der Waals surface area contributed by atoms with Crippen molar-refractivity contribution in [1.29, 1.82) is 0 Å². The van der Waals surface area contributed by atoms with E-state index in [1.807, 2.05) is 12.1 Å². The normalized spacial score (nSPS) is 25.6. The first kappa shape index (κ1) is 30.9. The molecule has 11 heteroatoms. The lowest BCUT2D eigenvalue weighted by Crippen LogP contribution is -2.54. The Balaban J connectivity index is 1.08. The molecule has 9 nitrogen and oxygen atoms in total. The number of benzene rings is 3. The molecule has 8 rings (SSSR count). The molecular formula is C36H33ClFN3O6. The molecule has 5 aliphatic rings. The van der Waals surface area contributed by atoms with Gasteiger partial charge in [0.2, 0.25) is 0 Å². The summed E-state index contributed by atoms with van der Waals surface area (Å²) < 4.78 is 24.2. The highest BCUT2D eigenvalue weighted by atomic mass is 35.5. The van der Waals surface area contributed by atoms with Gasteiger partial charge in [-0.25, -0.2) is 14.1 Å². The van der Waals surface area contributed by atoms with Gasteiger partial charge >= 0.3 is 6.03 Å². The Morgan fingerprint density at radius 1 is 1.00 bits per heavy atom. The molecule has 47 heavy (non-hydrogen) atoms. The SMILES string of the molecule is COc1cc(/C=C2/C(=O)NC(=O)N(c3ccc(C45CC6CC(CC(C6)C4)C5)cc3)C2=O)cc(Cl)c1OCC(=O)Nc1ccc(F)cc1. The number of urea groups is 1. The van der Waals surface area contributed by atoms with Gasteiger partial charge in [0.1, 0.15) is 11.4 Å². The molecule has 3 aromatic carbocycles. The predicted molar refractivity (Wildman–Crippen MR) is 174 cm³/mol. The van der Waals surface area contributed by atoms with E-state index in [9.17, 15) is 23.6 Å². The van der Waals surface area contributed by atoms with Gasteiger partial charge < -0.3 is 14.8 Å². The highest BCUT2D eigenvalue weighted by molar-refractivity contribution is 6.39. The van der Waals surface area contributed by atoms with E-state index in [2.05, 4.69) is 10.6 Å².